The van der Waals surface area contributed by atoms with Gasteiger partial charge in [-0.15, -0.1) is 0 Å². The highest BCUT2D eigenvalue weighted by atomic mass is 32.2. The summed E-state index contributed by atoms with van der Waals surface area (Å²) in [5.41, 5.74) is 10.8. The Balaban J connectivity index is 1.41. The second kappa shape index (κ2) is 15.9. The van der Waals surface area contributed by atoms with Gasteiger partial charge in [-0.1, -0.05) is 42.5 Å². The summed E-state index contributed by atoms with van der Waals surface area (Å²) in [5, 5.41) is 14.5. The number of nitrogens with two attached hydrogens (primary N) is 1. The monoisotopic (exact) mass is 737 g/mol. The number of fused-ring (bicyclic) bond motifs is 2. The number of carboxylic acids is 1. The highest BCUT2D eigenvalue weighted by Gasteiger charge is 2.37. The highest BCUT2D eigenvalue weighted by molar-refractivity contribution is 7.90. The average Bonchev–Trinajstić information content (AvgIpc) is 3.38. The second-order valence-corrected chi connectivity index (χ2v) is 16.6. The maximum Gasteiger partial charge on any atom is 0.326 e. The zero-order valence-electron chi connectivity index (χ0n) is 31.2. The van der Waals surface area contributed by atoms with Gasteiger partial charge in [-0.05, 0) is 108 Å². The molecule has 3 aromatic rings. The van der Waals surface area contributed by atoms with Gasteiger partial charge in [0.05, 0.1) is 16.4 Å². The maximum absolute atomic E-state index is 13.6. The molecule has 1 heterocycles. The number of hydrogen-bond acceptors (Lipinski definition) is 8. The van der Waals surface area contributed by atoms with E-state index < -0.39 is 51.0 Å². The van der Waals surface area contributed by atoms with E-state index in [-0.39, 0.29) is 43.1 Å². The Morgan fingerprint density at radius 3 is 2.37 bits per heavy atom. The minimum Gasteiger partial charge on any atom is -0.487 e. The molecule has 0 fully saturated rings. The third-order valence-corrected chi connectivity index (χ3v) is 10.5. The lowest BCUT2D eigenvalue weighted by Crippen LogP contribution is -2.45. The largest absolute Gasteiger partial charge is 0.487 e. The van der Waals surface area contributed by atoms with Gasteiger partial charge in [0.2, 0.25) is 17.8 Å². The summed E-state index contributed by atoms with van der Waals surface area (Å²) >= 11 is 0. The Morgan fingerprint density at radius 2 is 1.71 bits per heavy atom. The lowest BCUT2D eigenvalue weighted by molar-refractivity contribution is -0.148. The lowest BCUT2D eigenvalue weighted by Gasteiger charge is -2.22. The molecule has 0 spiro atoms. The van der Waals surface area contributed by atoms with E-state index in [1.807, 2.05) is 63.2 Å². The third kappa shape index (κ3) is 10.2. The molecule has 2 amide bonds. The molecule has 3 aromatic carbocycles. The first-order valence-corrected chi connectivity index (χ1v) is 18.8. The van der Waals surface area contributed by atoms with Crippen LogP contribution < -0.4 is 26.0 Å². The van der Waals surface area contributed by atoms with Gasteiger partial charge >= 0.3 is 5.97 Å². The van der Waals surface area contributed by atoms with E-state index in [4.69, 9.17) is 15.3 Å². The summed E-state index contributed by atoms with van der Waals surface area (Å²) in [7, 11) is -4.11. The van der Waals surface area contributed by atoms with Crippen molar-refractivity contribution in [1.29, 1.82) is 0 Å². The number of carbonyl (C=O) groups excluding carboxylic acids is 2. The SMILES string of the molecule is Cc1c(C)c(S(=O)(=O)NC(N)=NCCC[C@H](NC(=O)[C@@H](CC(=O)NOC(C)(C)C)Cc2ccc3ccccc3c2)C(=O)O)c(C)c2c1OC(C)(C)C2. The van der Waals surface area contributed by atoms with Crippen LogP contribution in [-0.2, 0) is 42.1 Å². The van der Waals surface area contributed by atoms with Crippen molar-refractivity contribution in [2.75, 3.05) is 6.54 Å². The number of carbonyl (C=O) groups is 3. The molecule has 0 saturated heterocycles. The number of hydroxylamine groups is 1. The van der Waals surface area contributed by atoms with E-state index in [1.54, 1.807) is 34.6 Å². The number of nitrogens with one attached hydrogen (secondary N) is 3. The number of nitrogens with zero attached hydrogens (tertiary/aromatic N) is 1. The van der Waals surface area contributed by atoms with Gasteiger partial charge in [0.15, 0.2) is 0 Å². The number of benzene rings is 3. The van der Waals surface area contributed by atoms with E-state index in [0.717, 1.165) is 27.5 Å². The molecule has 0 unspecified atom stereocenters. The second-order valence-electron chi connectivity index (χ2n) is 15.0. The van der Waals surface area contributed by atoms with E-state index >= 15 is 0 Å². The van der Waals surface area contributed by atoms with E-state index in [9.17, 15) is 27.9 Å². The summed E-state index contributed by atoms with van der Waals surface area (Å²) in [6, 6.07) is 12.2. The number of ether oxygens (including phenoxy) is 1. The lowest BCUT2D eigenvalue weighted by atomic mass is 9.93. The Bertz CT molecular complexity index is 1980. The molecule has 1 aliphatic heterocycles. The first-order valence-electron chi connectivity index (χ1n) is 17.3. The van der Waals surface area contributed by atoms with Gasteiger partial charge < -0.3 is 20.9 Å². The predicted octanol–water partition coefficient (Wildman–Crippen LogP) is 4.52. The Kier molecular flexibility index (Phi) is 12.3. The van der Waals surface area contributed by atoms with Crippen LogP contribution in [-0.4, -0.2) is 61.1 Å². The van der Waals surface area contributed by atoms with E-state index in [1.165, 1.54) is 0 Å². The molecular formula is C38H51N5O8S. The minimum absolute atomic E-state index is 0.00964. The van der Waals surface area contributed by atoms with Crippen molar-refractivity contribution < 1.29 is 37.5 Å². The van der Waals surface area contributed by atoms with Crippen LogP contribution >= 0.6 is 0 Å². The number of hydrogen-bond donors (Lipinski definition) is 5. The molecule has 52 heavy (non-hydrogen) atoms. The van der Waals surface area contributed by atoms with Crippen molar-refractivity contribution in [3.63, 3.8) is 0 Å². The molecule has 0 aromatic heterocycles. The number of guanidine groups is 1. The Morgan fingerprint density at radius 1 is 1.04 bits per heavy atom. The first kappa shape index (κ1) is 40.1. The fraction of sp³-hybridized carbons (Fsp3) is 0.474. The topological polar surface area (TPSA) is 199 Å². The number of amides is 2. The van der Waals surface area contributed by atoms with E-state index in [0.29, 0.717) is 23.3 Å². The number of sulfonamides is 1. The maximum atomic E-state index is 13.6. The minimum atomic E-state index is -4.11. The predicted molar refractivity (Wildman–Crippen MR) is 199 cm³/mol. The molecule has 14 heteroatoms. The molecule has 1 aliphatic rings. The fourth-order valence-corrected chi connectivity index (χ4v) is 7.82. The van der Waals surface area contributed by atoms with Gasteiger partial charge in [0.1, 0.15) is 17.4 Å². The van der Waals surface area contributed by atoms with Crippen molar-refractivity contribution in [1.82, 2.24) is 15.5 Å². The normalized spacial score (nSPS) is 15.3. The number of aliphatic imine (C=N–C) groups is 1. The van der Waals surface area contributed by atoms with Crippen molar-refractivity contribution in [3.8, 4) is 5.75 Å². The molecule has 6 N–H and O–H groups in total. The standard InChI is InChI=1S/C38H51N5O8S/c1-22-23(2)33(24(3)29-21-38(7,8)50-32(22)29)52(48,49)43-36(39)40-17-11-14-30(35(46)47)41-34(45)28(20-31(44)42-51-37(4,5)6)19-25-15-16-26-12-9-10-13-27(26)18-25/h9-10,12-13,15-16,18,28,30H,11,14,17,19-21H2,1-8H3,(H,41,45)(H,42,44)(H,46,47)(H3,39,40,43)/t28-,30+/m1/s1. The molecule has 4 rings (SSSR count). The van der Waals surface area contributed by atoms with Gasteiger partial charge in [-0.2, -0.15) is 0 Å². The van der Waals surface area contributed by atoms with Crippen molar-refractivity contribution in [3.05, 3.63) is 70.3 Å². The Hall–Kier alpha value is -4.69. The van der Waals surface area contributed by atoms with Crippen LogP contribution in [0.1, 0.15) is 81.7 Å². The molecule has 0 saturated carbocycles. The van der Waals surface area contributed by atoms with Crippen LogP contribution in [0.2, 0.25) is 0 Å². The number of rotatable bonds is 14. The van der Waals surface area contributed by atoms with Crippen LogP contribution in [0.15, 0.2) is 52.4 Å². The van der Waals surface area contributed by atoms with Crippen molar-refractivity contribution in [2.24, 2.45) is 16.6 Å². The molecule has 282 valence electrons. The van der Waals surface area contributed by atoms with Crippen LogP contribution in [0.25, 0.3) is 10.8 Å². The van der Waals surface area contributed by atoms with Crippen LogP contribution in [0.4, 0.5) is 0 Å². The van der Waals surface area contributed by atoms with Gasteiger partial charge in [-0.25, -0.2) is 23.4 Å². The number of aliphatic carboxylic acids is 1. The van der Waals surface area contributed by atoms with Gasteiger partial charge in [-0.3, -0.25) is 19.4 Å². The highest BCUT2D eigenvalue weighted by Crippen LogP contribution is 2.43. The quantitative estimate of drug-likeness (QED) is 0.0684. The summed E-state index contributed by atoms with van der Waals surface area (Å²) < 4.78 is 35.4. The smallest absolute Gasteiger partial charge is 0.326 e. The van der Waals surface area contributed by atoms with Gasteiger partial charge in [0.25, 0.3) is 10.0 Å². The van der Waals surface area contributed by atoms with Crippen molar-refractivity contribution >= 4 is 44.5 Å². The van der Waals surface area contributed by atoms with Crippen LogP contribution in [0, 0.1) is 26.7 Å². The molecule has 2 atom stereocenters. The molecule has 0 bridgehead atoms. The molecule has 0 aliphatic carbocycles. The fourth-order valence-electron chi connectivity index (χ4n) is 6.29. The summed E-state index contributed by atoms with van der Waals surface area (Å²) in [6.45, 7) is 14.5. The van der Waals surface area contributed by atoms with Crippen molar-refractivity contribution in [2.45, 2.75) is 110 Å². The van der Waals surface area contributed by atoms with Crippen LogP contribution in [0.3, 0.4) is 0 Å². The molecule has 0 radical (unpaired) electrons. The first-order chi connectivity index (χ1) is 24.2. The average molecular weight is 738 g/mol. The summed E-state index contributed by atoms with van der Waals surface area (Å²) in [6.07, 6.45) is 0.642. The number of carboxylic acid groups (broad SMARTS) is 1. The summed E-state index contributed by atoms with van der Waals surface area (Å²) in [5.74, 6) is -2.93. The zero-order valence-corrected chi connectivity index (χ0v) is 32.0. The Labute approximate surface area is 305 Å². The van der Waals surface area contributed by atoms with Gasteiger partial charge in [0, 0.05) is 24.9 Å². The van der Waals surface area contributed by atoms with E-state index in [2.05, 4.69) is 20.5 Å². The molecule has 13 nitrogen and oxygen atoms in total. The zero-order chi connectivity index (χ0) is 38.6. The van der Waals surface area contributed by atoms with Crippen LogP contribution in [0.5, 0.6) is 5.75 Å². The summed E-state index contributed by atoms with van der Waals surface area (Å²) in [4.78, 5) is 48.2. The third-order valence-electron chi connectivity index (χ3n) is 8.92. The molecular weight excluding hydrogens is 687 g/mol.